The van der Waals surface area contributed by atoms with Crippen LogP contribution in [0.25, 0.3) is 28.2 Å². The number of rotatable bonds is 6. The predicted molar refractivity (Wildman–Crippen MR) is 110 cm³/mol. The Labute approximate surface area is 168 Å². The quantitative estimate of drug-likeness (QED) is 0.493. The summed E-state index contributed by atoms with van der Waals surface area (Å²) >= 11 is 0. The molecule has 0 aliphatic rings. The van der Waals surface area contributed by atoms with E-state index in [1.54, 1.807) is 34.5 Å². The summed E-state index contributed by atoms with van der Waals surface area (Å²) in [6, 6.07) is 15.5. The van der Waals surface area contributed by atoms with E-state index in [-0.39, 0.29) is 0 Å². The van der Waals surface area contributed by atoms with Crippen LogP contribution in [0.2, 0.25) is 0 Å². The van der Waals surface area contributed by atoms with Gasteiger partial charge in [0.25, 0.3) is 0 Å². The van der Waals surface area contributed by atoms with E-state index in [9.17, 15) is 0 Å². The second-order valence-corrected chi connectivity index (χ2v) is 6.31. The minimum Gasteiger partial charge on any atom is -0.497 e. The lowest BCUT2D eigenvalue weighted by Gasteiger charge is -2.13. The number of hydrogen-bond donors (Lipinski definition) is 0. The van der Waals surface area contributed by atoms with Crippen molar-refractivity contribution in [3.63, 3.8) is 0 Å². The van der Waals surface area contributed by atoms with E-state index in [0.29, 0.717) is 23.1 Å². The monoisotopic (exact) mass is 391 g/mol. The Hall–Kier alpha value is -3.74. The van der Waals surface area contributed by atoms with Gasteiger partial charge in [0.15, 0.2) is 23.0 Å². The van der Waals surface area contributed by atoms with E-state index in [1.807, 2.05) is 53.1 Å². The first-order valence-corrected chi connectivity index (χ1v) is 8.98. The molecule has 0 atom stereocenters. The van der Waals surface area contributed by atoms with Crippen LogP contribution in [0.15, 0.2) is 54.7 Å². The number of hydrogen-bond acceptors (Lipinski definition) is 6. The molecule has 0 N–H and O–H groups in total. The fraction of sp³-hybridized carbons (Fsp3) is 0.182. The van der Waals surface area contributed by atoms with Gasteiger partial charge in [0, 0.05) is 12.3 Å². The molecule has 0 unspecified atom stereocenters. The molecule has 148 valence electrons. The molecule has 2 aromatic carbocycles. The number of aromatic nitrogens is 3. The van der Waals surface area contributed by atoms with Gasteiger partial charge in [-0.2, -0.15) is 0 Å². The fourth-order valence-corrected chi connectivity index (χ4v) is 3.23. The molecule has 0 saturated heterocycles. The first-order chi connectivity index (χ1) is 14.2. The highest BCUT2D eigenvalue weighted by Crippen LogP contribution is 2.39. The molecule has 0 radical (unpaired) electrons. The SMILES string of the molecule is COc1ccc(-c2ccc3nnc(-c4cc(OC)c(OC)cc4OC)n3c2)cc1. The minimum absolute atomic E-state index is 0.584. The molecule has 0 saturated carbocycles. The summed E-state index contributed by atoms with van der Waals surface area (Å²) in [5.41, 5.74) is 3.57. The molecular formula is C22H21N3O4. The topological polar surface area (TPSA) is 67.1 Å². The van der Waals surface area contributed by atoms with Crippen LogP contribution in [-0.4, -0.2) is 43.0 Å². The Kier molecular flexibility index (Phi) is 4.95. The molecule has 0 spiro atoms. The lowest BCUT2D eigenvalue weighted by Crippen LogP contribution is -1.97. The van der Waals surface area contributed by atoms with Gasteiger partial charge >= 0.3 is 0 Å². The molecule has 0 bridgehead atoms. The Morgan fingerprint density at radius 3 is 1.97 bits per heavy atom. The van der Waals surface area contributed by atoms with Crippen LogP contribution >= 0.6 is 0 Å². The number of benzene rings is 2. The molecule has 4 aromatic rings. The summed E-state index contributed by atoms with van der Waals surface area (Å²) in [5, 5.41) is 8.68. The third-order valence-corrected chi connectivity index (χ3v) is 4.77. The maximum atomic E-state index is 5.57. The average molecular weight is 391 g/mol. The maximum absolute atomic E-state index is 5.57. The molecule has 4 rings (SSSR count). The van der Waals surface area contributed by atoms with Gasteiger partial charge in [0.2, 0.25) is 0 Å². The molecular weight excluding hydrogens is 370 g/mol. The smallest absolute Gasteiger partial charge is 0.172 e. The summed E-state index contributed by atoms with van der Waals surface area (Å²) in [6.07, 6.45) is 2.00. The van der Waals surface area contributed by atoms with Gasteiger partial charge in [0.05, 0.1) is 34.0 Å². The zero-order valence-electron chi connectivity index (χ0n) is 16.7. The van der Waals surface area contributed by atoms with Crippen LogP contribution in [0, 0.1) is 0 Å². The Balaban J connectivity index is 1.86. The molecule has 0 aliphatic heterocycles. The van der Waals surface area contributed by atoms with Gasteiger partial charge in [0.1, 0.15) is 11.5 Å². The van der Waals surface area contributed by atoms with E-state index < -0.39 is 0 Å². The molecule has 2 aromatic heterocycles. The highest BCUT2D eigenvalue weighted by Gasteiger charge is 2.18. The highest BCUT2D eigenvalue weighted by atomic mass is 16.5. The lowest BCUT2D eigenvalue weighted by atomic mass is 10.1. The molecule has 0 fully saturated rings. The van der Waals surface area contributed by atoms with E-state index in [2.05, 4.69) is 10.2 Å². The van der Waals surface area contributed by atoms with Crippen LogP contribution < -0.4 is 18.9 Å². The van der Waals surface area contributed by atoms with Gasteiger partial charge in [-0.25, -0.2) is 0 Å². The van der Waals surface area contributed by atoms with Gasteiger partial charge < -0.3 is 18.9 Å². The van der Waals surface area contributed by atoms with Gasteiger partial charge in [-0.15, -0.1) is 10.2 Å². The Morgan fingerprint density at radius 1 is 0.655 bits per heavy atom. The van der Waals surface area contributed by atoms with E-state index in [1.165, 1.54) is 0 Å². The third kappa shape index (κ3) is 3.31. The number of ether oxygens (including phenoxy) is 4. The third-order valence-electron chi connectivity index (χ3n) is 4.77. The van der Waals surface area contributed by atoms with Crippen molar-refractivity contribution in [3.05, 3.63) is 54.7 Å². The molecule has 29 heavy (non-hydrogen) atoms. The predicted octanol–water partition coefficient (Wildman–Crippen LogP) is 4.10. The Bertz CT molecular complexity index is 1150. The largest absolute Gasteiger partial charge is 0.497 e. The highest BCUT2D eigenvalue weighted by molar-refractivity contribution is 5.73. The van der Waals surface area contributed by atoms with Crippen molar-refractivity contribution in [2.24, 2.45) is 0 Å². The van der Waals surface area contributed by atoms with E-state index >= 15 is 0 Å². The van der Waals surface area contributed by atoms with Crippen molar-refractivity contribution in [2.45, 2.75) is 0 Å². The van der Waals surface area contributed by atoms with Crippen molar-refractivity contribution in [1.29, 1.82) is 0 Å². The van der Waals surface area contributed by atoms with Crippen molar-refractivity contribution < 1.29 is 18.9 Å². The van der Waals surface area contributed by atoms with Crippen LogP contribution in [0.3, 0.4) is 0 Å². The summed E-state index contributed by atoms with van der Waals surface area (Å²) < 4.78 is 23.6. The van der Waals surface area contributed by atoms with E-state index in [4.69, 9.17) is 18.9 Å². The van der Waals surface area contributed by atoms with Crippen LogP contribution in [-0.2, 0) is 0 Å². The number of methoxy groups -OCH3 is 4. The summed E-state index contributed by atoms with van der Waals surface area (Å²) in [4.78, 5) is 0. The Morgan fingerprint density at radius 2 is 1.31 bits per heavy atom. The normalized spacial score (nSPS) is 10.8. The second kappa shape index (κ2) is 7.71. The first kappa shape index (κ1) is 18.6. The minimum atomic E-state index is 0.584. The zero-order chi connectivity index (χ0) is 20.4. The molecule has 2 heterocycles. The van der Waals surface area contributed by atoms with Crippen LogP contribution in [0.5, 0.6) is 23.0 Å². The maximum Gasteiger partial charge on any atom is 0.172 e. The molecule has 7 nitrogen and oxygen atoms in total. The molecule has 0 amide bonds. The van der Waals surface area contributed by atoms with Gasteiger partial charge in [-0.1, -0.05) is 12.1 Å². The standard InChI is InChI=1S/C22H21N3O4/c1-26-16-8-5-14(6-9-16)15-7-10-21-23-24-22(25(21)13-15)17-11-19(28-3)20(29-4)12-18(17)27-2/h5-13H,1-4H3. The summed E-state index contributed by atoms with van der Waals surface area (Å²) in [5.74, 6) is 3.25. The molecule has 0 aliphatic carbocycles. The lowest BCUT2D eigenvalue weighted by molar-refractivity contribution is 0.349. The van der Waals surface area contributed by atoms with Crippen LogP contribution in [0.1, 0.15) is 0 Å². The van der Waals surface area contributed by atoms with E-state index in [0.717, 1.165) is 28.1 Å². The van der Waals surface area contributed by atoms with Gasteiger partial charge in [-0.3, -0.25) is 4.40 Å². The molecule has 7 heteroatoms. The van der Waals surface area contributed by atoms with Crippen molar-refractivity contribution in [1.82, 2.24) is 14.6 Å². The van der Waals surface area contributed by atoms with Crippen molar-refractivity contribution in [2.75, 3.05) is 28.4 Å². The zero-order valence-corrected chi connectivity index (χ0v) is 16.7. The number of nitrogens with zero attached hydrogens (tertiary/aromatic N) is 3. The summed E-state index contributed by atoms with van der Waals surface area (Å²) in [6.45, 7) is 0. The van der Waals surface area contributed by atoms with Crippen molar-refractivity contribution >= 4 is 5.65 Å². The first-order valence-electron chi connectivity index (χ1n) is 8.98. The van der Waals surface area contributed by atoms with Crippen molar-refractivity contribution in [3.8, 4) is 45.5 Å². The fourth-order valence-electron chi connectivity index (χ4n) is 3.23. The average Bonchev–Trinajstić information content (AvgIpc) is 3.21. The second-order valence-electron chi connectivity index (χ2n) is 6.31. The summed E-state index contributed by atoms with van der Waals surface area (Å²) in [7, 11) is 6.44. The van der Waals surface area contributed by atoms with Gasteiger partial charge in [-0.05, 0) is 41.5 Å². The number of fused-ring (bicyclic) bond motifs is 1. The van der Waals surface area contributed by atoms with Crippen LogP contribution in [0.4, 0.5) is 0 Å². The number of pyridine rings is 1.